The lowest BCUT2D eigenvalue weighted by Gasteiger charge is -2.44. The Balaban J connectivity index is 0.000000527. The van der Waals surface area contributed by atoms with E-state index in [0.29, 0.717) is 29.1 Å². The number of carbonyl (C=O) groups is 1. The van der Waals surface area contributed by atoms with Gasteiger partial charge in [-0.3, -0.25) is 9.36 Å². The van der Waals surface area contributed by atoms with Crippen molar-refractivity contribution in [1.29, 1.82) is 0 Å². The van der Waals surface area contributed by atoms with Gasteiger partial charge in [0.25, 0.3) is 0 Å². The number of carbonyl (C=O) groups excluding carboxylic acids is 1. The molecule has 1 amide bonds. The number of anilines is 1. The van der Waals surface area contributed by atoms with Crippen molar-refractivity contribution in [3.05, 3.63) is 69.3 Å². The van der Waals surface area contributed by atoms with E-state index >= 15 is 0 Å². The minimum Gasteiger partial charge on any atom is -0.352 e. The molecule has 46 heavy (non-hydrogen) atoms. The van der Waals surface area contributed by atoms with E-state index in [-0.39, 0.29) is 66.4 Å². The van der Waals surface area contributed by atoms with Crippen LogP contribution >= 0.6 is 11.8 Å². The third-order valence-electron chi connectivity index (χ3n) is 8.67. The first-order valence-electron chi connectivity index (χ1n) is 15.1. The number of hydrogen-bond acceptors (Lipinski definition) is 7. The van der Waals surface area contributed by atoms with Crippen LogP contribution in [0.1, 0.15) is 63.0 Å². The highest BCUT2D eigenvalue weighted by Gasteiger charge is 2.43. The molecule has 1 aromatic carbocycles. The van der Waals surface area contributed by atoms with Crippen LogP contribution in [-0.4, -0.2) is 67.2 Å². The van der Waals surface area contributed by atoms with Crippen molar-refractivity contribution >= 4 is 34.4 Å². The van der Waals surface area contributed by atoms with Gasteiger partial charge < -0.3 is 14.8 Å². The topological polar surface area (TPSA) is 104 Å². The normalized spacial score (nSPS) is 21.7. The van der Waals surface area contributed by atoms with Crippen molar-refractivity contribution in [3.8, 4) is 0 Å². The zero-order valence-electron chi connectivity index (χ0n) is 25.4. The quantitative estimate of drug-likeness (QED) is 0.287. The van der Waals surface area contributed by atoms with Crippen LogP contribution in [-0.2, 0) is 17.5 Å². The summed E-state index contributed by atoms with van der Waals surface area (Å²) in [5.74, 6) is -3.14. The number of amides is 1. The Morgan fingerprint density at radius 1 is 1.15 bits per heavy atom. The molecule has 0 bridgehead atoms. The Bertz CT molecular complexity index is 1700. The molecule has 3 aliphatic rings. The fourth-order valence-corrected chi connectivity index (χ4v) is 7.98. The maximum atomic E-state index is 14.7. The summed E-state index contributed by atoms with van der Waals surface area (Å²) in [7, 11) is 0. The van der Waals surface area contributed by atoms with E-state index in [0.717, 1.165) is 6.07 Å². The molecule has 0 radical (unpaired) electrons. The Hall–Kier alpha value is -3.75. The molecule has 2 atom stereocenters. The van der Waals surface area contributed by atoms with E-state index in [1.165, 1.54) is 34.8 Å². The standard InChI is InChI=1S/C27H31F5N4O2S.C4H4N2O/c1-4-20(37)36-15(2)13-34(14-16(36)3)24-18-12-19(27(30,31)32)21(17-6-8-26(28,29)9-7-17)23-22(18)35(25(38)33-24)10-5-11-39-23;7-4-5-2-1-3-6-4/h4,12,15-17H,1,5-11,13-14H2,2-3H3;1-3H,(H,5,6,7). The third-order valence-corrected chi connectivity index (χ3v) is 9.86. The molecule has 1 aliphatic carbocycles. The fourth-order valence-electron chi connectivity index (χ4n) is 6.71. The Morgan fingerprint density at radius 3 is 2.37 bits per heavy atom. The van der Waals surface area contributed by atoms with Crippen LogP contribution in [0.4, 0.5) is 27.8 Å². The maximum Gasteiger partial charge on any atom is 0.416 e. The highest BCUT2D eigenvalue weighted by Crippen LogP contribution is 2.51. The predicted octanol–water partition coefficient (Wildman–Crippen LogP) is 5.59. The van der Waals surface area contributed by atoms with E-state index < -0.39 is 42.1 Å². The van der Waals surface area contributed by atoms with Crippen molar-refractivity contribution < 1.29 is 26.7 Å². The van der Waals surface area contributed by atoms with Crippen LogP contribution in [0, 0.1) is 0 Å². The predicted molar refractivity (Wildman–Crippen MR) is 166 cm³/mol. The van der Waals surface area contributed by atoms with Gasteiger partial charge in [0.1, 0.15) is 5.82 Å². The second-order valence-corrected chi connectivity index (χ2v) is 13.0. The van der Waals surface area contributed by atoms with Gasteiger partial charge in [0.2, 0.25) is 11.8 Å². The van der Waals surface area contributed by atoms with E-state index in [2.05, 4.69) is 21.5 Å². The van der Waals surface area contributed by atoms with Crippen molar-refractivity contribution in [2.45, 2.75) is 87.5 Å². The van der Waals surface area contributed by atoms with Crippen molar-refractivity contribution in [3.63, 3.8) is 0 Å². The second-order valence-electron chi connectivity index (χ2n) is 11.9. The summed E-state index contributed by atoms with van der Waals surface area (Å²) in [5, 5.41) is 0.221. The van der Waals surface area contributed by atoms with Crippen LogP contribution < -0.4 is 16.3 Å². The maximum absolute atomic E-state index is 14.7. The van der Waals surface area contributed by atoms with Crippen molar-refractivity contribution in [2.24, 2.45) is 0 Å². The van der Waals surface area contributed by atoms with Crippen molar-refractivity contribution in [1.82, 2.24) is 24.4 Å². The largest absolute Gasteiger partial charge is 0.416 e. The number of alkyl halides is 5. The number of nitrogens with one attached hydrogen (secondary N) is 1. The first kappa shape index (κ1) is 33.6. The monoisotopic (exact) mass is 666 g/mol. The number of rotatable bonds is 3. The van der Waals surface area contributed by atoms with Crippen molar-refractivity contribution in [2.75, 3.05) is 23.7 Å². The van der Waals surface area contributed by atoms with E-state index in [4.69, 9.17) is 0 Å². The SMILES string of the molecule is C=CC(=O)N1C(C)CN(c2nc(=O)n3c4c(c(C5CCC(F)(F)CC5)c(C(F)(F)F)cc24)SCCC3)CC1C.O=c1nccc[nH]1. The van der Waals surface area contributed by atoms with Crippen LogP contribution in [0.3, 0.4) is 0 Å². The number of aryl methyl sites for hydroxylation is 1. The first-order chi connectivity index (χ1) is 21.7. The van der Waals surface area contributed by atoms with Gasteiger partial charge in [-0.05, 0) is 68.6 Å². The molecule has 0 spiro atoms. The molecule has 2 aromatic heterocycles. The summed E-state index contributed by atoms with van der Waals surface area (Å²) in [5.41, 5.74) is -1.26. The number of halogens is 5. The molecule has 2 fully saturated rings. The highest BCUT2D eigenvalue weighted by molar-refractivity contribution is 7.99. The molecule has 3 aromatic rings. The van der Waals surface area contributed by atoms with Crippen LogP contribution in [0.15, 0.2) is 51.7 Å². The summed E-state index contributed by atoms with van der Waals surface area (Å²) in [6.07, 6.45) is -0.972. The minimum absolute atomic E-state index is 0.0332. The average Bonchev–Trinajstić information content (AvgIpc) is 3.22. The Kier molecular flexibility index (Phi) is 9.62. The molecule has 2 unspecified atom stereocenters. The number of hydrogen-bond donors (Lipinski definition) is 1. The molecule has 1 N–H and O–H groups in total. The van der Waals surface area contributed by atoms with E-state index in [9.17, 15) is 36.3 Å². The lowest BCUT2D eigenvalue weighted by molar-refractivity contribution is -0.138. The van der Waals surface area contributed by atoms with Gasteiger partial charge in [0.05, 0.1) is 11.1 Å². The van der Waals surface area contributed by atoms with Gasteiger partial charge in [-0.15, -0.1) is 11.8 Å². The van der Waals surface area contributed by atoms with Gasteiger partial charge in [-0.1, -0.05) is 6.58 Å². The number of benzene rings is 1. The summed E-state index contributed by atoms with van der Waals surface area (Å²) in [6, 6.07) is 2.13. The second kappa shape index (κ2) is 13.2. The number of aromatic amines is 1. The molecule has 6 rings (SSSR count). The summed E-state index contributed by atoms with van der Waals surface area (Å²) < 4.78 is 73.4. The molecule has 9 nitrogen and oxygen atoms in total. The van der Waals surface area contributed by atoms with Gasteiger partial charge in [0.15, 0.2) is 0 Å². The van der Waals surface area contributed by atoms with Crippen LogP contribution in [0.25, 0.3) is 10.9 Å². The van der Waals surface area contributed by atoms with Gasteiger partial charge in [-0.25, -0.2) is 23.4 Å². The average molecular weight is 667 g/mol. The summed E-state index contributed by atoms with van der Waals surface area (Å²) >= 11 is 1.27. The number of thioether (sulfide) groups is 1. The summed E-state index contributed by atoms with van der Waals surface area (Å²) in [6.45, 7) is 8.09. The zero-order valence-corrected chi connectivity index (χ0v) is 26.3. The molecule has 1 saturated carbocycles. The Morgan fingerprint density at radius 2 is 1.83 bits per heavy atom. The molecule has 15 heteroatoms. The molecule has 1 saturated heterocycles. The number of nitrogens with zero attached hydrogens (tertiary/aromatic N) is 5. The van der Waals surface area contributed by atoms with Gasteiger partial charge in [0, 0.05) is 67.2 Å². The molecule has 248 valence electrons. The smallest absolute Gasteiger partial charge is 0.352 e. The number of piperazine rings is 1. The minimum atomic E-state index is -4.72. The van der Waals surface area contributed by atoms with Crippen LogP contribution in [0.2, 0.25) is 0 Å². The number of aromatic nitrogens is 4. The van der Waals surface area contributed by atoms with Gasteiger partial charge in [-0.2, -0.15) is 18.2 Å². The number of H-pyrrole nitrogens is 1. The molecule has 2 aliphatic heterocycles. The first-order valence-corrected chi connectivity index (χ1v) is 16.1. The lowest BCUT2D eigenvalue weighted by atomic mass is 9.80. The Labute approximate surface area is 265 Å². The molecule has 4 heterocycles. The van der Waals surface area contributed by atoms with E-state index in [1.54, 1.807) is 15.9 Å². The fraction of sp³-hybridized carbons (Fsp3) is 0.516. The molecular formula is C31H35F5N6O3S. The molecular weight excluding hydrogens is 631 g/mol. The van der Waals surface area contributed by atoms with E-state index in [1.807, 2.05) is 13.8 Å². The highest BCUT2D eigenvalue weighted by atomic mass is 32.2. The van der Waals surface area contributed by atoms with Crippen LogP contribution in [0.5, 0.6) is 0 Å². The third kappa shape index (κ3) is 6.83. The zero-order chi connectivity index (χ0) is 33.4. The summed E-state index contributed by atoms with van der Waals surface area (Å²) in [4.78, 5) is 49.6. The van der Waals surface area contributed by atoms with Gasteiger partial charge >= 0.3 is 17.6 Å². The lowest BCUT2D eigenvalue weighted by Crippen LogP contribution is -2.58.